The van der Waals surface area contributed by atoms with E-state index < -0.39 is 7.38 Å². The predicted octanol–water partition coefficient (Wildman–Crippen LogP) is 5.37. The first kappa shape index (κ1) is 18.3. The van der Waals surface area contributed by atoms with Crippen LogP contribution in [0.4, 0.5) is 0 Å². The Morgan fingerprint density at radius 3 is 2.14 bits per heavy atom. The fourth-order valence-electron chi connectivity index (χ4n) is 2.19. The Hall–Kier alpha value is -0.733. The molecular weight excluding hydrogens is 296 g/mol. The Balaban J connectivity index is 0.000000235. The zero-order valence-corrected chi connectivity index (χ0v) is 16.1. The van der Waals surface area contributed by atoms with E-state index in [9.17, 15) is 0 Å². The number of hydrogen-bond acceptors (Lipinski definition) is 1. The van der Waals surface area contributed by atoms with Crippen LogP contribution in [0.1, 0.15) is 40.2 Å². The number of aryl methyl sites for hydroxylation is 1. The fourth-order valence-corrected chi connectivity index (χ4v) is 4.74. The first-order valence-corrected chi connectivity index (χ1v) is 11.2. The third-order valence-corrected chi connectivity index (χ3v) is 9.41. The molecule has 1 aliphatic rings. The van der Waals surface area contributed by atoms with Crippen molar-refractivity contribution in [1.29, 1.82) is 0 Å². The minimum atomic E-state index is -1.63. The van der Waals surface area contributed by atoms with Crippen LogP contribution in [0, 0.1) is 12.3 Å². The summed E-state index contributed by atoms with van der Waals surface area (Å²) in [5.41, 5.74) is 1.61. The summed E-state index contributed by atoms with van der Waals surface area (Å²) < 4.78 is 4.95. The lowest BCUT2D eigenvalue weighted by Crippen LogP contribution is -2.40. The van der Waals surface area contributed by atoms with E-state index in [0.717, 1.165) is 24.5 Å². The van der Waals surface area contributed by atoms with Crippen molar-refractivity contribution < 1.29 is 4.74 Å². The van der Waals surface area contributed by atoms with Gasteiger partial charge in [-0.15, -0.1) is 0 Å². The molecule has 1 saturated heterocycles. The van der Waals surface area contributed by atoms with Gasteiger partial charge in [0, 0.05) is 0 Å². The molecule has 21 heavy (non-hydrogen) atoms. The van der Waals surface area contributed by atoms with Gasteiger partial charge in [0.2, 0.25) is 0 Å². The lowest BCUT2D eigenvalue weighted by atomic mass is 9.96. The van der Waals surface area contributed by atoms with Gasteiger partial charge in [-0.25, -0.2) is 0 Å². The Kier molecular flexibility index (Phi) is 6.55. The molecule has 0 aromatic heterocycles. The highest BCUT2D eigenvalue weighted by Gasteiger charge is 2.28. The molecule has 118 valence electrons. The molecule has 0 radical (unpaired) electrons. The molecule has 1 fully saturated rings. The number of benzene rings is 1. The monoisotopic (exact) mass is 324 g/mol. The van der Waals surface area contributed by atoms with E-state index in [2.05, 4.69) is 71.9 Å². The van der Waals surface area contributed by atoms with E-state index in [-0.39, 0.29) is 0 Å². The van der Waals surface area contributed by atoms with Crippen LogP contribution in [0.5, 0.6) is 0 Å². The number of halogens is 1. The summed E-state index contributed by atoms with van der Waals surface area (Å²) in [4.78, 5) is 0. The maximum atomic E-state index is 6.64. The third-order valence-electron chi connectivity index (χ3n) is 3.56. The van der Waals surface area contributed by atoms with Gasteiger partial charge < -0.3 is 4.74 Å². The van der Waals surface area contributed by atoms with Gasteiger partial charge >= 0.3 is 0 Å². The number of ether oxygens (including phenoxy) is 1. The Labute approximate surface area is 136 Å². The van der Waals surface area contributed by atoms with Gasteiger partial charge in [0.1, 0.15) is 12.4 Å². The molecular formula is C18H29ClOSi. The van der Waals surface area contributed by atoms with E-state index >= 15 is 0 Å². The molecule has 2 rings (SSSR count). The molecule has 0 atom stereocenters. The van der Waals surface area contributed by atoms with Crippen molar-refractivity contribution in [1.82, 2.24) is 0 Å². The summed E-state index contributed by atoms with van der Waals surface area (Å²) in [5.74, 6) is 1.15. The SMILES string of the molecule is CC(C)(C)C=C1CO1.CC[Si](Cl)(CC)c1cccc(C)c1. The summed E-state index contributed by atoms with van der Waals surface area (Å²) in [6.07, 6.45) is 2.16. The predicted molar refractivity (Wildman–Crippen MR) is 96.9 cm³/mol. The van der Waals surface area contributed by atoms with Crippen LogP contribution in [0.3, 0.4) is 0 Å². The summed E-state index contributed by atoms with van der Waals surface area (Å²) in [6, 6.07) is 10.9. The Morgan fingerprint density at radius 1 is 1.24 bits per heavy atom. The van der Waals surface area contributed by atoms with Crippen molar-refractivity contribution in [3.63, 3.8) is 0 Å². The summed E-state index contributed by atoms with van der Waals surface area (Å²) in [7, 11) is -1.63. The third kappa shape index (κ3) is 6.71. The van der Waals surface area contributed by atoms with E-state index in [4.69, 9.17) is 15.8 Å². The molecule has 0 bridgehead atoms. The van der Waals surface area contributed by atoms with Crippen LogP contribution >= 0.6 is 11.1 Å². The maximum absolute atomic E-state index is 6.64. The largest absolute Gasteiger partial charge is 0.487 e. The van der Waals surface area contributed by atoms with Crippen molar-refractivity contribution >= 4 is 23.6 Å². The van der Waals surface area contributed by atoms with E-state index in [1.54, 1.807) is 0 Å². The number of hydrogen-bond donors (Lipinski definition) is 0. The molecule has 0 spiro atoms. The number of epoxide rings is 1. The average Bonchev–Trinajstić information content (AvgIpc) is 3.20. The van der Waals surface area contributed by atoms with Crippen molar-refractivity contribution in [3.05, 3.63) is 41.7 Å². The fraction of sp³-hybridized carbons (Fsp3) is 0.556. The van der Waals surface area contributed by atoms with Crippen LogP contribution in [0.2, 0.25) is 12.1 Å². The highest BCUT2D eigenvalue weighted by Crippen LogP contribution is 2.24. The van der Waals surface area contributed by atoms with Gasteiger partial charge in [-0.1, -0.05) is 64.4 Å². The molecule has 1 heterocycles. The Bertz CT molecular complexity index is 478. The summed E-state index contributed by atoms with van der Waals surface area (Å²) >= 11 is 6.64. The first-order chi connectivity index (χ1) is 9.70. The second-order valence-electron chi connectivity index (χ2n) is 6.81. The number of allylic oxidation sites excluding steroid dienone is 1. The van der Waals surface area contributed by atoms with Gasteiger partial charge in [0.15, 0.2) is 7.38 Å². The van der Waals surface area contributed by atoms with E-state index in [1.165, 1.54) is 10.8 Å². The zero-order chi connectivity index (χ0) is 16.1. The van der Waals surface area contributed by atoms with Crippen LogP contribution < -0.4 is 5.19 Å². The van der Waals surface area contributed by atoms with Gasteiger partial charge in [-0.05, 0) is 35.7 Å². The van der Waals surface area contributed by atoms with Crippen LogP contribution in [0.15, 0.2) is 36.1 Å². The molecule has 1 aromatic rings. The van der Waals surface area contributed by atoms with Gasteiger partial charge in [-0.2, -0.15) is 11.1 Å². The highest BCUT2D eigenvalue weighted by atomic mass is 35.6. The summed E-state index contributed by atoms with van der Waals surface area (Å²) in [5, 5.41) is 1.39. The normalized spacial score (nSPS) is 16.0. The van der Waals surface area contributed by atoms with Gasteiger partial charge in [-0.3, -0.25) is 0 Å². The van der Waals surface area contributed by atoms with Crippen molar-refractivity contribution in [3.8, 4) is 0 Å². The average molecular weight is 325 g/mol. The summed E-state index contributed by atoms with van der Waals surface area (Å²) in [6.45, 7) is 13.9. The Morgan fingerprint density at radius 2 is 1.81 bits per heavy atom. The second kappa shape index (κ2) is 7.51. The minimum absolute atomic E-state index is 0.297. The molecule has 0 unspecified atom stereocenters. The molecule has 1 aromatic carbocycles. The van der Waals surface area contributed by atoms with Crippen molar-refractivity contribution in [2.45, 2.75) is 53.6 Å². The second-order valence-corrected chi connectivity index (χ2v) is 12.9. The quantitative estimate of drug-likeness (QED) is 0.413. The molecule has 1 aliphatic heterocycles. The highest BCUT2D eigenvalue weighted by molar-refractivity contribution is 7.27. The maximum Gasteiger partial charge on any atom is 0.186 e. The minimum Gasteiger partial charge on any atom is -0.487 e. The van der Waals surface area contributed by atoms with Crippen LogP contribution in [-0.4, -0.2) is 14.0 Å². The van der Waals surface area contributed by atoms with Gasteiger partial charge in [0.05, 0.1) is 0 Å². The molecule has 0 saturated carbocycles. The lowest BCUT2D eigenvalue weighted by Gasteiger charge is -2.21. The zero-order valence-electron chi connectivity index (χ0n) is 14.3. The standard InChI is InChI=1S/C11H17ClSi.C7H12O/c1-4-13(12,5-2)11-8-6-7-10(3)9-11;1-7(2,3)4-6-5-8-6/h6-9H,4-5H2,1-3H3;4H,5H2,1-3H3. The molecule has 0 aliphatic carbocycles. The van der Waals surface area contributed by atoms with Crippen molar-refractivity contribution in [2.24, 2.45) is 5.41 Å². The smallest absolute Gasteiger partial charge is 0.186 e. The molecule has 0 N–H and O–H groups in total. The van der Waals surface area contributed by atoms with E-state index in [0.29, 0.717) is 5.41 Å². The lowest BCUT2D eigenvalue weighted by molar-refractivity contribution is 0.488. The molecule has 1 nitrogen and oxygen atoms in total. The molecule has 3 heteroatoms. The van der Waals surface area contributed by atoms with Gasteiger partial charge in [0.25, 0.3) is 0 Å². The molecule has 0 amide bonds. The van der Waals surface area contributed by atoms with E-state index in [1.807, 2.05) is 0 Å². The van der Waals surface area contributed by atoms with Crippen molar-refractivity contribution in [2.75, 3.05) is 6.61 Å². The van der Waals surface area contributed by atoms with Crippen LogP contribution in [0.25, 0.3) is 0 Å². The first-order valence-electron chi connectivity index (χ1n) is 7.81. The topological polar surface area (TPSA) is 12.5 Å². The number of rotatable bonds is 3. The van der Waals surface area contributed by atoms with Crippen LogP contribution in [-0.2, 0) is 4.74 Å².